The van der Waals surface area contributed by atoms with Gasteiger partial charge in [0.2, 0.25) is 0 Å². The molecule has 0 N–H and O–H groups in total. The van der Waals surface area contributed by atoms with E-state index in [2.05, 4.69) is 15.5 Å². The zero-order chi connectivity index (χ0) is 15.4. The van der Waals surface area contributed by atoms with Crippen molar-refractivity contribution in [1.29, 1.82) is 0 Å². The van der Waals surface area contributed by atoms with Crippen LogP contribution in [0.25, 0.3) is 5.69 Å². The standard InChI is InChI=1S/C14H15N5O2S/c1-2-6-19-12(15-16-17-19)10-21-14(20)13-11(5-9-22-13)18-7-3-4-8-18/h3-5,7-9H,2,6,10H2,1H3. The molecule has 3 heterocycles. The Morgan fingerprint density at radius 3 is 2.95 bits per heavy atom. The molecule has 0 aliphatic heterocycles. The van der Waals surface area contributed by atoms with E-state index in [0.717, 1.165) is 12.1 Å². The van der Waals surface area contributed by atoms with E-state index >= 15 is 0 Å². The lowest BCUT2D eigenvalue weighted by Gasteiger charge is -2.06. The summed E-state index contributed by atoms with van der Waals surface area (Å²) in [6, 6.07) is 5.71. The highest BCUT2D eigenvalue weighted by atomic mass is 32.1. The van der Waals surface area contributed by atoms with Crippen molar-refractivity contribution in [2.75, 3.05) is 0 Å². The highest BCUT2D eigenvalue weighted by molar-refractivity contribution is 7.12. The van der Waals surface area contributed by atoms with Crippen LogP contribution < -0.4 is 0 Å². The number of nitrogens with zero attached hydrogens (tertiary/aromatic N) is 5. The predicted molar refractivity (Wildman–Crippen MR) is 80.9 cm³/mol. The Bertz CT molecular complexity index is 747. The molecular formula is C14H15N5O2S. The van der Waals surface area contributed by atoms with E-state index in [0.29, 0.717) is 17.2 Å². The molecule has 0 unspecified atom stereocenters. The Balaban J connectivity index is 1.71. The summed E-state index contributed by atoms with van der Waals surface area (Å²) in [5.41, 5.74) is 0.813. The molecule has 8 heteroatoms. The van der Waals surface area contributed by atoms with Crippen molar-refractivity contribution in [3.63, 3.8) is 0 Å². The van der Waals surface area contributed by atoms with Gasteiger partial charge in [0.15, 0.2) is 12.4 Å². The summed E-state index contributed by atoms with van der Waals surface area (Å²) in [5, 5.41) is 13.2. The van der Waals surface area contributed by atoms with Gasteiger partial charge in [-0.05, 0) is 40.4 Å². The first-order chi connectivity index (χ1) is 10.8. The number of esters is 1. The van der Waals surface area contributed by atoms with Gasteiger partial charge in [0.25, 0.3) is 0 Å². The lowest BCUT2D eigenvalue weighted by molar-refractivity contribution is 0.0462. The molecule has 0 aliphatic carbocycles. The molecule has 0 aliphatic rings. The summed E-state index contributed by atoms with van der Waals surface area (Å²) in [6.45, 7) is 2.80. The minimum Gasteiger partial charge on any atom is -0.453 e. The van der Waals surface area contributed by atoms with Gasteiger partial charge in [0.05, 0.1) is 5.69 Å². The van der Waals surface area contributed by atoms with Gasteiger partial charge in [-0.2, -0.15) is 0 Å². The number of hydrogen-bond donors (Lipinski definition) is 0. The average molecular weight is 317 g/mol. The first kappa shape index (κ1) is 14.5. The molecule has 0 fully saturated rings. The summed E-state index contributed by atoms with van der Waals surface area (Å²) in [6.07, 6.45) is 4.69. The molecule has 0 saturated carbocycles. The first-order valence-electron chi connectivity index (χ1n) is 6.92. The fourth-order valence-corrected chi connectivity index (χ4v) is 2.84. The second-order valence-corrected chi connectivity index (χ2v) is 5.54. The second kappa shape index (κ2) is 6.52. The summed E-state index contributed by atoms with van der Waals surface area (Å²) in [7, 11) is 0. The monoisotopic (exact) mass is 317 g/mol. The van der Waals surface area contributed by atoms with Crippen LogP contribution in [0.5, 0.6) is 0 Å². The van der Waals surface area contributed by atoms with Gasteiger partial charge in [-0.15, -0.1) is 16.4 Å². The molecule has 0 amide bonds. The van der Waals surface area contributed by atoms with Crippen molar-refractivity contribution in [2.24, 2.45) is 0 Å². The Morgan fingerprint density at radius 2 is 2.18 bits per heavy atom. The molecule has 22 heavy (non-hydrogen) atoms. The summed E-state index contributed by atoms with van der Waals surface area (Å²) in [5.74, 6) is 0.180. The van der Waals surface area contributed by atoms with E-state index in [9.17, 15) is 4.79 Å². The van der Waals surface area contributed by atoms with Crippen LogP contribution in [-0.2, 0) is 17.9 Å². The van der Waals surface area contributed by atoms with Gasteiger partial charge in [0, 0.05) is 18.9 Å². The summed E-state index contributed by atoms with van der Waals surface area (Å²) >= 11 is 1.35. The number of tetrazole rings is 1. The lowest BCUT2D eigenvalue weighted by Crippen LogP contribution is -2.11. The van der Waals surface area contributed by atoms with E-state index in [1.807, 2.05) is 47.5 Å². The fourth-order valence-electron chi connectivity index (χ4n) is 2.06. The number of aryl methyl sites for hydroxylation is 1. The van der Waals surface area contributed by atoms with Crippen molar-refractivity contribution in [1.82, 2.24) is 24.8 Å². The Labute approximate surface area is 131 Å². The van der Waals surface area contributed by atoms with Crippen molar-refractivity contribution < 1.29 is 9.53 Å². The SMILES string of the molecule is CCCn1nnnc1COC(=O)c1sccc1-n1cccc1. The van der Waals surface area contributed by atoms with Gasteiger partial charge in [0.1, 0.15) is 4.88 Å². The first-order valence-corrected chi connectivity index (χ1v) is 7.80. The molecule has 3 rings (SSSR count). The van der Waals surface area contributed by atoms with E-state index < -0.39 is 0 Å². The average Bonchev–Trinajstić information content (AvgIpc) is 3.25. The van der Waals surface area contributed by atoms with Crippen LogP contribution in [0, 0.1) is 0 Å². The molecule has 7 nitrogen and oxygen atoms in total. The maximum Gasteiger partial charge on any atom is 0.350 e. The Hall–Kier alpha value is -2.48. The van der Waals surface area contributed by atoms with Gasteiger partial charge < -0.3 is 9.30 Å². The molecule has 3 aromatic rings. The molecule has 0 radical (unpaired) electrons. The largest absolute Gasteiger partial charge is 0.453 e. The predicted octanol–water partition coefficient (Wildman–Crippen LogP) is 2.29. The third kappa shape index (κ3) is 2.91. The second-order valence-electron chi connectivity index (χ2n) is 4.62. The maximum atomic E-state index is 12.3. The van der Waals surface area contributed by atoms with Gasteiger partial charge in [-0.25, -0.2) is 9.48 Å². The quantitative estimate of drug-likeness (QED) is 0.652. The number of carbonyl (C=O) groups is 1. The molecule has 3 aromatic heterocycles. The van der Waals surface area contributed by atoms with Crippen LogP contribution in [0.15, 0.2) is 36.0 Å². The van der Waals surface area contributed by atoms with Gasteiger partial charge in [-0.1, -0.05) is 6.92 Å². The number of hydrogen-bond acceptors (Lipinski definition) is 6. The third-order valence-electron chi connectivity index (χ3n) is 3.09. The molecule has 114 valence electrons. The number of thiophene rings is 1. The van der Waals surface area contributed by atoms with E-state index in [4.69, 9.17) is 4.74 Å². The summed E-state index contributed by atoms with van der Waals surface area (Å²) < 4.78 is 8.88. The zero-order valence-electron chi connectivity index (χ0n) is 12.0. The van der Waals surface area contributed by atoms with E-state index in [1.165, 1.54) is 11.3 Å². The van der Waals surface area contributed by atoms with Crippen LogP contribution in [0.1, 0.15) is 28.8 Å². The number of aromatic nitrogens is 5. The number of ether oxygens (including phenoxy) is 1. The minimum absolute atomic E-state index is 0.0643. The Kier molecular flexibility index (Phi) is 4.29. The van der Waals surface area contributed by atoms with Crippen molar-refractivity contribution >= 4 is 17.3 Å². The molecule has 0 aromatic carbocycles. The Morgan fingerprint density at radius 1 is 1.36 bits per heavy atom. The number of carbonyl (C=O) groups excluding carboxylic acids is 1. The van der Waals surface area contributed by atoms with E-state index in [-0.39, 0.29) is 12.6 Å². The van der Waals surface area contributed by atoms with Crippen molar-refractivity contribution in [3.05, 3.63) is 46.7 Å². The van der Waals surface area contributed by atoms with Crippen LogP contribution in [0.2, 0.25) is 0 Å². The zero-order valence-corrected chi connectivity index (χ0v) is 12.9. The minimum atomic E-state index is -0.371. The highest BCUT2D eigenvalue weighted by Crippen LogP contribution is 2.22. The maximum absolute atomic E-state index is 12.3. The molecule has 0 bridgehead atoms. The molecule has 0 saturated heterocycles. The van der Waals surface area contributed by atoms with Crippen LogP contribution >= 0.6 is 11.3 Å². The van der Waals surface area contributed by atoms with E-state index in [1.54, 1.807) is 4.68 Å². The van der Waals surface area contributed by atoms with Gasteiger partial charge >= 0.3 is 5.97 Å². The number of rotatable bonds is 6. The lowest BCUT2D eigenvalue weighted by atomic mass is 10.4. The molecule has 0 atom stereocenters. The highest BCUT2D eigenvalue weighted by Gasteiger charge is 2.17. The third-order valence-corrected chi connectivity index (χ3v) is 3.97. The van der Waals surface area contributed by atoms with Crippen LogP contribution in [0.3, 0.4) is 0 Å². The normalized spacial score (nSPS) is 10.8. The van der Waals surface area contributed by atoms with Crippen LogP contribution in [0.4, 0.5) is 0 Å². The van der Waals surface area contributed by atoms with Crippen molar-refractivity contribution in [2.45, 2.75) is 26.5 Å². The topological polar surface area (TPSA) is 74.8 Å². The van der Waals surface area contributed by atoms with Crippen molar-refractivity contribution in [3.8, 4) is 5.69 Å². The molecule has 0 spiro atoms. The van der Waals surface area contributed by atoms with Gasteiger partial charge in [-0.3, -0.25) is 0 Å². The smallest absolute Gasteiger partial charge is 0.350 e. The molecular weight excluding hydrogens is 302 g/mol. The fraction of sp³-hybridized carbons (Fsp3) is 0.286. The summed E-state index contributed by atoms with van der Waals surface area (Å²) in [4.78, 5) is 12.8. The van der Waals surface area contributed by atoms with Crippen LogP contribution in [-0.4, -0.2) is 30.7 Å².